The number of ether oxygens (including phenoxy) is 2. The van der Waals surface area contributed by atoms with E-state index in [0.717, 1.165) is 6.54 Å². The number of likely N-dealkylation sites (tertiary alicyclic amines) is 1. The van der Waals surface area contributed by atoms with E-state index in [1.165, 1.54) is 32.4 Å². The fourth-order valence-electron chi connectivity index (χ4n) is 1.93. The predicted octanol–water partition coefficient (Wildman–Crippen LogP) is -0.141. The molecule has 0 aromatic rings. The Hall–Kier alpha value is -0.200. The van der Waals surface area contributed by atoms with Crippen molar-refractivity contribution in [1.82, 2.24) is 4.90 Å². The number of hydrogen-bond donors (Lipinski definition) is 2. The first-order valence-corrected chi connectivity index (χ1v) is 6.49. The largest absolute Gasteiger partial charge is 0.394 e. The maximum atomic E-state index is 9.47. The molecule has 0 aromatic carbocycles. The number of aliphatic hydroxyl groups is 2. The molecular formula is C12H25NO4. The maximum absolute atomic E-state index is 9.47. The Balaban J connectivity index is 1.88. The quantitative estimate of drug-likeness (QED) is 0.555. The second kappa shape index (κ2) is 9.79. The van der Waals surface area contributed by atoms with Crippen molar-refractivity contribution in [2.24, 2.45) is 0 Å². The highest BCUT2D eigenvalue weighted by molar-refractivity contribution is 4.63. The molecule has 2 N–H and O–H groups in total. The van der Waals surface area contributed by atoms with Gasteiger partial charge in [-0.05, 0) is 25.9 Å². The second-order valence-electron chi connectivity index (χ2n) is 4.43. The van der Waals surface area contributed by atoms with E-state index in [1.807, 2.05) is 0 Å². The molecule has 1 aliphatic rings. The minimum absolute atomic E-state index is 0.0114. The van der Waals surface area contributed by atoms with Gasteiger partial charge in [-0.3, -0.25) is 0 Å². The molecular weight excluding hydrogens is 222 g/mol. The summed E-state index contributed by atoms with van der Waals surface area (Å²) in [6, 6.07) is 0. The molecule has 0 aliphatic carbocycles. The first-order valence-electron chi connectivity index (χ1n) is 6.49. The molecule has 1 aliphatic heterocycles. The normalized spacial score (nSPS) is 19.4. The molecule has 1 fully saturated rings. The van der Waals surface area contributed by atoms with Crippen LogP contribution in [0.3, 0.4) is 0 Å². The lowest BCUT2D eigenvalue weighted by atomic mass is 10.1. The van der Waals surface area contributed by atoms with Gasteiger partial charge < -0.3 is 24.6 Å². The molecule has 5 nitrogen and oxygen atoms in total. The van der Waals surface area contributed by atoms with Gasteiger partial charge >= 0.3 is 0 Å². The van der Waals surface area contributed by atoms with Gasteiger partial charge in [-0.2, -0.15) is 0 Å². The van der Waals surface area contributed by atoms with Crippen molar-refractivity contribution < 1.29 is 19.7 Å². The first-order chi connectivity index (χ1) is 8.33. The van der Waals surface area contributed by atoms with Crippen molar-refractivity contribution >= 4 is 0 Å². The summed E-state index contributed by atoms with van der Waals surface area (Å²) in [6.07, 6.45) is 3.33. The van der Waals surface area contributed by atoms with Gasteiger partial charge in [0.1, 0.15) is 6.10 Å². The highest BCUT2D eigenvalue weighted by Crippen LogP contribution is 2.07. The summed E-state index contributed by atoms with van der Waals surface area (Å²) in [7, 11) is 0. The average Bonchev–Trinajstić information content (AvgIpc) is 2.36. The van der Waals surface area contributed by atoms with E-state index in [-0.39, 0.29) is 19.8 Å². The predicted molar refractivity (Wildman–Crippen MR) is 65.0 cm³/mol. The van der Waals surface area contributed by atoms with E-state index >= 15 is 0 Å². The van der Waals surface area contributed by atoms with Crippen LogP contribution in [0.15, 0.2) is 0 Å². The molecule has 1 saturated heterocycles. The Morgan fingerprint density at radius 1 is 1.00 bits per heavy atom. The van der Waals surface area contributed by atoms with Crippen LogP contribution in [0.4, 0.5) is 0 Å². The van der Waals surface area contributed by atoms with Crippen LogP contribution in [0, 0.1) is 0 Å². The average molecular weight is 247 g/mol. The molecule has 0 bridgehead atoms. The zero-order valence-electron chi connectivity index (χ0n) is 10.5. The Morgan fingerprint density at radius 3 is 2.29 bits per heavy atom. The monoisotopic (exact) mass is 247 g/mol. The van der Waals surface area contributed by atoms with Crippen LogP contribution in [-0.4, -0.2) is 73.9 Å². The molecule has 1 rings (SSSR count). The lowest BCUT2D eigenvalue weighted by Gasteiger charge is -2.26. The van der Waals surface area contributed by atoms with Crippen LogP contribution < -0.4 is 0 Å². The minimum atomic E-state index is -0.595. The molecule has 102 valence electrons. The molecule has 1 atom stereocenters. The SMILES string of the molecule is OCCOCC(O)COCCN1CCCCC1. The molecule has 0 spiro atoms. The molecule has 0 radical (unpaired) electrons. The Kier molecular flexibility index (Phi) is 8.56. The second-order valence-corrected chi connectivity index (χ2v) is 4.43. The van der Waals surface area contributed by atoms with Crippen molar-refractivity contribution in [2.75, 3.05) is 52.7 Å². The van der Waals surface area contributed by atoms with Crippen LogP contribution in [0.25, 0.3) is 0 Å². The van der Waals surface area contributed by atoms with Gasteiger partial charge in [0.15, 0.2) is 0 Å². The molecule has 1 heterocycles. The third-order valence-corrected chi connectivity index (χ3v) is 2.86. The molecule has 0 amide bonds. The fourth-order valence-corrected chi connectivity index (χ4v) is 1.93. The van der Waals surface area contributed by atoms with Gasteiger partial charge in [0, 0.05) is 6.54 Å². The Morgan fingerprint density at radius 2 is 1.65 bits per heavy atom. The summed E-state index contributed by atoms with van der Waals surface area (Å²) in [5, 5.41) is 18.0. The number of piperidine rings is 1. The first kappa shape index (κ1) is 14.9. The molecule has 17 heavy (non-hydrogen) atoms. The van der Waals surface area contributed by atoms with Gasteiger partial charge in [0.2, 0.25) is 0 Å². The van der Waals surface area contributed by atoms with Crippen LogP contribution in [0.1, 0.15) is 19.3 Å². The lowest BCUT2D eigenvalue weighted by molar-refractivity contribution is -0.0286. The summed E-state index contributed by atoms with van der Waals surface area (Å²) < 4.78 is 10.4. The standard InChI is InChI=1S/C12H25NO4/c14-7-9-17-11-12(15)10-16-8-6-13-4-2-1-3-5-13/h12,14-15H,1-11H2. The van der Waals surface area contributed by atoms with Gasteiger partial charge in [0.05, 0.1) is 33.0 Å². The summed E-state index contributed by atoms with van der Waals surface area (Å²) in [5.41, 5.74) is 0. The highest BCUT2D eigenvalue weighted by Gasteiger charge is 2.10. The van der Waals surface area contributed by atoms with Gasteiger partial charge in [-0.15, -0.1) is 0 Å². The lowest BCUT2D eigenvalue weighted by Crippen LogP contribution is -2.33. The molecule has 1 unspecified atom stereocenters. The van der Waals surface area contributed by atoms with Gasteiger partial charge in [-0.25, -0.2) is 0 Å². The zero-order chi connectivity index (χ0) is 12.3. The smallest absolute Gasteiger partial charge is 0.101 e. The van der Waals surface area contributed by atoms with E-state index in [2.05, 4.69) is 4.90 Å². The van der Waals surface area contributed by atoms with Crippen molar-refractivity contribution in [3.05, 3.63) is 0 Å². The van der Waals surface area contributed by atoms with Crippen molar-refractivity contribution in [3.63, 3.8) is 0 Å². The van der Waals surface area contributed by atoms with E-state index < -0.39 is 6.10 Å². The number of aliphatic hydroxyl groups excluding tert-OH is 2. The minimum Gasteiger partial charge on any atom is -0.394 e. The van der Waals surface area contributed by atoms with Gasteiger partial charge in [-0.1, -0.05) is 6.42 Å². The van der Waals surface area contributed by atoms with E-state index in [4.69, 9.17) is 14.6 Å². The fraction of sp³-hybridized carbons (Fsp3) is 1.00. The topological polar surface area (TPSA) is 62.2 Å². The van der Waals surface area contributed by atoms with Crippen LogP contribution >= 0.6 is 0 Å². The van der Waals surface area contributed by atoms with E-state index in [9.17, 15) is 5.11 Å². The molecule has 5 heteroatoms. The summed E-state index contributed by atoms with van der Waals surface area (Å²) in [6.45, 7) is 4.75. The van der Waals surface area contributed by atoms with Crippen LogP contribution in [-0.2, 0) is 9.47 Å². The number of rotatable bonds is 9. The maximum Gasteiger partial charge on any atom is 0.101 e. The van der Waals surface area contributed by atoms with Gasteiger partial charge in [0.25, 0.3) is 0 Å². The molecule has 0 saturated carbocycles. The van der Waals surface area contributed by atoms with Crippen molar-refractivity contribution in [3.8, 4) is 0 Å². The zero-order valence-corrected chi connectivity index (χ0v) is 10.5. The van der Waals surface area contributed by atoms with Crippen LogP contribution in [0.5, 0.6) is 0 Å². The summed E-state index contributed by atoms with van der Waals surface area (Å²) >= 11 is 0. The summed E-state index contributed by atoms with van der Waals surface area (Å²) in [4.78, 5) is 2.40. The number of nitrogens with zero attached hydrogens (tertiary/aromatic N) is 1. The number of hydrogen-bond acceptors (Lipinski definition) is 5. The van der Waals surface area contributed by atoms with Crippen molar-refractivity contribution in [2.45, 2.75) is 25.4 Å². The summed E-state index contributed by atoms with van der Waals surface area (Å²) in [5.74, 6) is 0. The third-order valence-electron chi connectivity index (χ3n) is 2.86. The Bertz CT molecular complexity index is 174. The molecule has 0 aromatic heterocycles. The van der Waals surface area contributed by atoms with Crippen LogP contribution in [0.2, 0.25) is 0 Å². The Labute approximate surface area is 103 Å². The highest BCUT2D eigenvalue weighted by atomic mass is 16.5. The third kappa shape index (κ3) is 7.68. The van der Waals surface area contributed by atoms with Crippen molar-refractivity contribution in [1.29, 1.82) is 0 Å². The van der Waals surface area contributed by atoms with E-state index in [0.29, 0.717) is 13.2 Å². The van der Waals surface area contributed by atoms with E-state index in [1.54, 1.807) is 0 Å².